The van der Waals surface area contributed by atoms with Crippen LogP contribution in [0.5, 0.6) is 0 Å². The van der Waals surface area contributed by atoms with Crippen LogP contribution < -0.4 is 0 Å². The summed E-state index contributed by atoms with van der Waals surface area (Å²) in [6.07, 6.45) is 26.8. The number of rotatable bonds is 12. The van der Waals surface area contributed by atoms with Gasteiger partial charge < -0.3 is 39.5 Å². The van der Waals surface area contributed by atoms with Gasteiger partial charge in [0, 0.05) is 59.2 Å². The maximum atomic E-state index is 13.6. The zero-order valence-corrected chi connectivity index (χ0v) is 39.2. The number of carbonyl (C=O) groups excluding carboxylic acids is 4. The summed E-state index contributed by atoms with van der Waals surface area (Å²) in [5.41, 5.74) is 1.58. The van der Waals surface area contributed by atoms with Gasteiger partial charge in [-0.1, -0.05) is 89.9 Å². The van der Waals surface area contributed by atoms with E-state index >= 15 is 0 Å². The van der Waals surface area contributed by atoms with E-state index in [2.05, 4.69) is 23.9 Å². The maximum Gasteiger partial charge on any atom is 2.00 e. The van der Waals surface area contributed by atoms with Crippen LogP contribution in [-0.2, 0) is 34.1 Å². The normalized spacial score (nSPS) is 18.3. The summed E-state index contributed by atoms with van der Waals surface area (Å²) in [7, 11) is 4.23. The van der Waals surface area contributed by atoms with Crippen molar-refractivity contribution < 1.29 is 53.3 Å². The van der Waals surface area contributed by atoms with Crippen molar-refractivity contribution in [3.8, 4) is 0 Å². The molecular formula is C48H76Fe2N4O4. The Morgan fingerprint density at radius 2 is 0.690 bits per heavy atom. The molecule has 2 aromatic carbocycles. The quantitative estimate of drug-likeness (QED) is 0.120. The van der Waals surface area contributed by atoms with E-state index in [1.807, 2.05) is 0 Å². The number of nitrogens with zero attached hydrogens (tertiary/aromatic N) is 4. The molecule has 4 saturated carbocycles. The Kier molecular flexibility index (Phi) is 26.7. The molecule has 328 valence electrons. The third-order valence-corrected chi connectivity index (χ3v) is 12.5. The standard InChI is InChI=1S/C34H44N4O4.2C5H10.4CH3.2Fe/c1-35(21-23-9-3-4-10-23)17-7-19-37-31(39)25-13-15-27-30-28(16-14-26(29(25)30)32(37)40)34(42)38(33(27)41)20-8-18-36(2)22-24-11-5-6-12-24;2*1-2-4-5-3-1;;;;;;/h13-16,23-24H,3-12,17-22H2,1-2H3;2*1-5H2;4*1H3;;/q;;;4*-1;2*+2. The topological polar surface area (TPSA) is 81.2 Å². The fourth-order valence-electron chi connectivity index (χ4n) is 9.60. The Hall–Kier alpha value is -2.06. The van der Waals surface area contributed by atoms with Gasteiger partial charge in [0.1, 0.15) is 0 Å². The molecule has 0 saturated heterocycles. The number of benzene rings is 2. The average Bonchev–Trinajstić information content (AvgIpc) is 3.99. The van der Waals surface area contributed by atoms with Crippen LogP contribution >= 0.6 is 0 Å². The molecule has 0 atom stereocenters. The first kappa shape index (κ1) is 55.9. The molecule has 8 rings (SSSR count). The summed E-state index contributed by atoms with van der Waals surface area (Å²) < 4.78 is 0. The first-order valence-electron chi connectivity index (χ1n) is 21.0. The van der Waals surface area contributed by atoms with Crippen molar-refractivity contribution in [3.63, 3.8) is 0 Å². The molecule has 0 aromatic heterocycles. The SMILES string of the molecule is C1CCCC1.C1CCCC1.CN(CCCN1C(=O)c2ccc3c4c(ccc(c24)C1=O)C(=O)N(CCCN(C)CC1CCCC1)C3=O)CC1CCCC1.[CH3-].[CH3-].[CH3-].[CH3-].[Fe+2].[Fe+2]. The molecule has 4 amide bonds. The molecule has 2 aromatic rings. The Balaban J connectivity index is 0.00000178. The van der Waals surface area contributed by atoms with Crippen molar-refractivity contribution in [2.75, 3.05) is 53.4 Å². The minimum atomic E-state index is -0.345. The van der Waals surface area contributed by atoms with Gasteiger partial charge in [0.15, 0.2) is 0 Å². The van der Waals surface area contributed by atoms with E-state index in [4.69, 9.17) is 0 Å². The van der Waals surface area contributed by atoms with Crippen molar-refractivity contribution in [2.24, 2.45) is 11.8 Å². The van der Waals surface area contributed by atoms with Gasteiger partial charge in [-0.3, -0.25) is 29.0 Å². The maximum absolute atomic E-state index is 13.6. The van der Waals surface area contributed by atoms with Crippen LogP contribution in [0.2, 0.25) is 0 Å². The molecule has 8 nitrogen and oxygen atoms in total. The minimum Gasteiger partial charge on any atom is -0.358 e. The van der Waals surface area contributed by atoms with E-state index in [9.17, 15) is 19.2 Å². The van der Waals surface area contributed by atoms with E-state index in [0.717, 1.165) is 38.0 Å². The molecular weight excluding hydrogens is 808 g/mol. The Morgan fingerprint density at radius 1 is 0.448 bits per heavy atom. The molecule has 58 heavy (non-hydrogen) atoms. The summed E-state index contributed by atoms with van der Waals surface area (Å²) >= 11 is 0. The van der Waals surface area contributed by atoms with Gasteiger partial charge in [-0.25, -0.2) is 0 Å². The van der Waals surface area contributed by atoms with E-state index in [1.54, 1.807) is 24.3 Å². The number of amides is 4. The zero-order chi connectivity index (χ0) is 36.5. The van der Waals surface area contributed by atoms with E-state index in [1.165, 1.54) is 125 Å². The van der Waals surface area contributed by atoms with Gasteiger partial charge in [-0.15, -0.1) is 0 Å². The first-order valence-corrected chi connectivity index (χ1v) is 21.0. The molecule has 0 bridgehead atoms. The summed E-state index contributed by atoms with van der Waals surface area (Å²) in [5.74, 6) is 0.127. The second-order valence-corrected chi connectivity index (χ2v) is 16.7. The third-order valence-electron chi connectivity index (χ3n) is 12.5. The van der Waals surface area contributed by atoms with E-state index in [-0.39, 0.29) is 87.5 Å². The van der Waals surface area contributed by atoms with Crippen molar-refractivity contribution >= 4 is 34.4 Å². The Bertz CT molecular complexity index is 1360. The van der Waals surface area contributed by atoms with Gasteiger partial charge in [-0.05, 0) is 102 Å². The largest absolute Gasteiger partial charge is 2.00 e. The molecule has 4 fully saturated rings. The van der Waals surface area contributed by atoms with Crippen LogP contribution in [0.25, 0.3) is 10.8 Å². The second kappa shape index (κ2) is 27.7. The van der Waals surface area contributed by atoms with Crippen molar-refractivity contribution in [3.05, 3.63) is 76.2 Å². The fourth-order valence-corrected chi connectivity index (χ4v) is 9.60. The van der Waals surface area contributed by atoms with Crippen molar-refractivity contribution in [2.45, 2.75) is 128 Å². The van der Waals surface area contributed by atoms with Gasteiger partial charge >= 0.3 is 34.1 Å². The predicted octanol–water partition coefficient (Wildman–Crippen LogP) is 10.8. The molecule has 2 aliphatic heterocycles. The Morgan fingerprint density at radius 3 is 0.931 bits per heavy atom. The summed E-state index contributed by atoms with van der Waals surface area (Å²) in [6.45, 7) is 4.46. The van der Waals surface area contributed by atoms with Crippen LogP contribution in [0.15, 0.2) is 24.3 Å². The van der Waals surface area contributed by atoms with Crippen LogP contribution in [0.1, 0.15) is 170 Å². The molecule has 0 spiro atoms. The zero-order valence-electron chi connectivity index (χ0n) is 37.0. The van der Waals surface area contributed by atoms with Crippen molar-refractivity contribution in [1.29, 1.82) is 0 Å². The number of hydrogen-bond acceptors (Lipinski definition) is 6. The molecule has 0 radical (unpaired) electrons. The van der Waals surface area contributed by atoms with Crippen LogP contribution in [0.3, 0.4) is 0 Å². The molecule has 4 aliphatic carbocycles. The summed E-state index contributed by atoms with van der Waals surface area (Å²) in [5, 5.41) is 0.902. The summed E-state index contributed by atoms with van der Waals surface area (Å²) in [4.78, 5) is 61.5. The Labute approximate surface area is 375 Å². The number of carbonyl (C=O) groups is 4. The minimum absolute atomic E-state index is 0. The third kappa shape index (κ3) is 14.0. The van der Waals surface area contributed by atoms with Gasteiger partial charge in [-0.2, -0.15) is 0 Å². The molecule has 2 heterocycles. The van der Waals surface area contributed by atoms with Gasteiger partial charge in [0.05, 0.1) is 0 Å². The number of imide groups is 2. The summed E-state index contributed by atoms with van der Waals surface area (Å²) in [6, 6.07) is 6.67. The molecule has 0 N–H and O–H groups in total. The molecule has 10 heteroatoms. The van der Waals surface area contributed by atoms with Crippen LogP contribution in [0.4, 0.5) is 0 Å². The molecule has 0 unspecified atom stereocenters. The predicted molar refractivity (Wildman–Crippen MR) is 235 cm³/mol. The van der Waals surface area contributed by atoms with Crippen molar-refractivity contribution in [1.82, 2.24) is 19.6 Å². The van der Waals surface area contributed by atoms with Crippen LogP contribution in [0, 0.1) is 41.5 Å². The van der Waals surface area contributed by atoms with E-state index < -0.39 is 0 Å². The smallest absolute Gasteiger partial charge is 0.358 e. The van der Waals surface area contributed by atoms with Gasteiger partial charge in [0.25, 0.3) is 23.6 Å². The monoisotopic (exact) mass is 884 g/mol. The molecule has 6 aliphatic rings. The average molecular weight is 885 g/mol. The van der Waals surface area contributed by atoms with E-state index in [0.29, 0.717) is 59.0 Å². The van der Waals surface area contributed by atoms with Crippen LogP contribution in [-0.4, -0.2) is 96.6 Å². The second-order valence-electron chi connectivity index (χ2n) is 16.7. The van der Waals surface area contributed by atoms with Gasteiger partial charge in [0.2, 0.25) is 0 Å². The fraction of sp³-hybridized carbons (Fsp3) is 0.625. The number of hydrogen-bond donors (Lipinski definition) is 0. The first-order chi connectivity index (χ1) is 25.3.